The summed E-state index contributed by atoms with van der Waals surface area (Å²) < 4.78 is 0. The lowest BCUT2D eigenvalue weighted by molar-refractivity contribution is 0.666. The predicted molar refractivity (Wildman–Crippen MR) is 198 cm³/mol. The molecule has 0 saturated carbocycles. The molecule has 9 aromatic rings. The maximum atomic E-state index is 5.40. The molecule has 0 atom stereocenters. The first-order chi connectivity index (χ1) is 23.1. The Morgan fingerprint density at radius 1 is 0.468 bits per heavy atom. The van der Waals surface area contributed by atoms with Crippen LogP contribution in [0.1, 0.15) is 25.0 Å². The average molecular weight is 599 g/mol. The number of fused-ring (bicyclic) bond motifs is 13. The van der Waals surface area contributed by atoms with Crippen LogP contribution in [0.3, 0.4) is 0 Å². The first-order valence-electron chi connectivity index (χ1n) is 16.3. The summed E-state index contributed by atoms with van der Waals surface area (Å²) in [6, 6.07) is 52.6. The molecule has 10 rings (SSSR count). The Hall–Kier alpha value is -5.86. The molecule has 0 fully saturated rings. The van der Waals surface area contributed by atoms with E-state index in [-0.39, 0.29) is 5.41 Å². The van der Waals surface area contributed by atoms with Gasteiger partial charge in [-0.3, -0.25) is 0 Å². The molecule has 2 nitrogen and oxygen atoms in total. The number of hydrogen-bond donors (Lipinski definition) is 0. The van der Waals surface area contributed by atoms with Gasteiger partial charge in [-0.1, -0.05) is 147 Å². The molecule has 2 heteroatoms. The maximum absolute atomic E-state index is 5.40. The Morgan fingerprint density at radius 2 is 1.15 bits per heavy atom. The number of rotatable bonds is 2. The Kier molecular flexibility index (Phi) is 5.37. The van der Waals surface area contributed by atoms with Crippen LogP contribution >= 0.6 is 0 Å². The number of hydrogen-bond acceptors (Lipinski definition) is 2. The highest BCUT2D eigenvalue weighted by molar-refractivity contribution is 6.26. The van der Waals surface area contributed by atoms with Crippen molar-refractivity contribution >= 4 is 54.1 Å². The van der Waals surface area contributed by atoms with Crippen molar-refractivity contribution in [2.75, 3.05) is 0 Å². The van der Waals surface area contributed by atoms with Crippen LogP contribution in [0.5, 0.6) is 0 Å². The molecule has 1 aromatic heterocycles. The molecule has 0 amide bonds. The number of aromatic nitrogens is 2. The van der Waals surface area contributed by atoms with E-state index in [4.69, 9.17) is 9.97 Å². The normalized spacial score (nSPS) is 13.5. The Balaban J connectivity index is 1.27. The van der Waals surface area contributed by atoms with E-state index < -0.39 is 0 Å². The summed E-state index contributed by atoms with van der Waals surface area (Å²) in [6.07, 6.45) is 0. The minimum absolute atomic E-state index is 0.101. The van der Waals surface area contributed by atoms with Crippen molar-refractivity contribution in [2.24, 2.45) is 0 Å². The minimum Gasteiger partial charge on any atom is -0.244 e. The van der Waals surface area contributed by atoms with Gasteiger partial charge in [-0.15, -0.1) is 0 Å². The van der Waals surface area contributed by atoms with Gasteiger partial charge in [-0.25, -0.2) is 9.97 Å². The van der Waals surface area contributed by atoms with E-state index in [2.05, 4.69) is 153 Å². The van der Waals surface area contributed by atoms with Gasteiger partial charge in [0.2, 0.25) is 0 Å². The van der Waals surface area contributed by atoms with Gasteiger partial charge in [0, 0.05) is 21.9 Å². The molecule has 1 aliphatic carbocycles. The molecule has 0 N–H and O–H groups in total. The summed E-state index contributed by atoms with van der Waals surface area (Å²) in [5, 5.41) is 10.0. The van der Waals surface area contributed by atoms with Gasteiger partial charge in [0.05, 0.1) is 22.4 Å². The van der Waals surface area contributed by atoms with Crippen molar-refractivity contribution in [3.8, 4) is 33.6 Å². The van der Waals surface area contributed by atoms with Crippen molar-refractivity contribution in [1.82, 2.24) is 9.97 Å². The molecule has 0 bridgehead atoms. The smallest absolute Gasteiger partial charge is 0.0973 e. The fourth-order valence-corrected chi connectivity index (χ4v) is 8.26. The topological polar surface area (TPSA) is 25.8 Å². The Bertz CT molecular complexity index is 2760. The summed E-state index contributed by atoms with van der Waals surface area (Å²) in [5.74, 6) is 0. The lowest BCUT2D eigenvalue weighted by atomic mass is 9.78. The number of nitrogens with zero attached hydrogens (tertiary/aromatic N) is 2. The van der Waals surface area contributed by atoms with Gasteiger partial charge in [0.1, 0.15) is 0 Å². The molecular weight excluding hydrogens is 569 g/mol. The molecule has 0 unspecified atom stereocenters. The fraction of sp³-hybridized carbons (Fsp3) is 0.0667. The second kappa shape index (κ2) is 9.57. The molecule has 1 heterocycles. The summed E-state index contributed by atoms with van der Waals surface area (Å²) in [6.45, 7) is 4.76. The van der Waals surface area contributed by atoms with Crippen molar-refractivity contribution in [2.45, 2.75) is 19.3 Å². The van der Waals surface area contributed by atoms with E-state index in [0.717, 1.165) is 38.9 Å². The lowest BCUT2D eigenvalue weighted by Gasteiger charge is -2.24. The third-order valence-electron chi connectivity index (χ3n) is 10.4. The van der Waals surface area contributed by atoms with Crippen LogP contribution in [0.15, 0.2) is 146 Å². The SMILES string of the molecule is CC1(C)c2ccccc2-c2c1c1ccc3cc(-c4nc5c(ccc6ccccc65)nc4-c4ccccc4)ccc3c1c1ccccc21. The molecule has 8 aromatic carbocycles. The number of benzene rings is 8. The van der Waals surface area contributed by atoms with Gasteiger partial charge < -0.3 is 0 Å². The van der Waals surface area contributed by atoms with Crippen LogP contribution < -0.4 is 0 Å². The van der Waals surface area contributed by atoms with E-state index >= 15 is 0 Å². The lowest BCUT2D eigenvalue weighted by Crippen LogP contribution is -2.15. The summed E-state index contributed by atoms with van der Waals surface area (Å²) in [5.41, 5.74) is 11.2. The second-order valence-corrected chi connectivity index (χ2v) is 13.3. The van der Waals surface area contributed by atoms with Gasteiger partial charge >= 0.3 is 0 Å². The van der Waals surface area contributed by atoms with Gasteiger partial charge in [0.15, 0.2) is 0 Å². The van der Waals surface area contributed by atoms with Crippen molar-refractivity contribution in [3.05, 3.63) is 157 Å². The van der Waals surface area contributed by atoms with Gasteiger partial charge in [-0.05, 0) is 72.1 Å². The zero-order valence-electron chi connectivity index (χ0n) is 26.3. The zero-order chi connectivity index (χ0) is 31.3. The molecule has 0 radical (unpaired) electrons. The molecule has 220 valence electrons. The predicted octanol–water partition coefficient (Wildman–Crippen LogP) is 11.9. The molecular formula is C45H30N2. The van der Waals surface area contributed by atoms with Crippen molar-refractivity contribution in [3.63, 3.8) is 0 Å². The van der Waals surface area contributed by atoms with Crippen LogP contribution in [0.2, 0.25) is 0 Å². The molecule has 0 spiro atoms. The monoisotopic (exact) mass is 598 g/mol. The highest BCUT2D eigenvalue weighted by Gasteiger charge is 2.38. The molecule has 1 aliphatic rings. The summed E-state index contributed by atoms with van der Waals surface area (Å²) in [7, 11) is 0. The zero-order valence-corrected chi connectivity index (χ0v) is 26.3. The maximum Gasteiger partial charge on any atom is 0.0973 e. The van der Waals surface area contributed by atoms with E-state index in [0.29, 0.717) is 0 Å². The van der Waals surface area contributed by atoms with E-state index in [9.17, 15) is 0 Å². The Morgan fingerprint density at radius 3 is 2.02 bits per heavy atom. The van der Waals surface area contributed by atoms with Crippen molar-refractivity contribution in [1.29, 1.82) is 0 Å². The highest BCUT2D eigenvalue weighted by atomic mass is 14.8. The van der Waals surface area contributed by atoms with Crippen molar-refractivity contribution < 1.29 is 0 Å². The second-order valence-electron chi connectivity index (χ2n) is 13.3. The first-order valence-corrected chi connectivity index (χ1v) is 16.3. The third-order valence-corrected chi connectivity index (χ3v) is 10.4. The highest BCUT2D eigenvalue weighted by Crippen LogP contribution is 2.55. The molecule has 47 heavy (non-hydrogen) atoms. The molecule has 0 saturated heterocycles. The van der Waals surface area contributed by atoms with Gasteiger partial charge in [0.25, 0.3) is 0 Å². The van der Waals surface area contributed by atoms with E-state index in [1.165, 1.54) is 60.0 Å². The van der Waals surface area contributed by atoms with E-state index in [1.807, 2.05) is 6.07 Å². The van der Waals surface area contributed by atoms with Crippen LogP contribution in [0, 0.1) is 0 Å². The van der Waals surface area contributed by atoms with Crippen LogP contribution in [-0.4, -0.2) is 9.97 Å². The van der Waals surface area contributed by atoms with Crippen LogP contribution in [0.4, 0.5) is 0 Å². The Labute approximate surface area is 273 Å². The average Bonchev–Trinajstić information content (AvgIpc) is 3.37. The fourth-order valence-electron chi connectivity index (χ4n) is 8.26. The third kappa shape index (κ3) is 3.67. The van der Waals surface area contributed by atoms with E-state index in [1.54, 1.807) is 0 Å². The summed E-state index contributed by atoms with van der Waals surface area (Å²) in [4.78, 5) is 10.7. The first kappa shape index (κ1) is 26.4. The minimum atomic E-state index is -0.101. The van der Waals surface area contributed by atoms with Crippen LogP contribution in [0.25, 0.3) is 87.8 Å². The summed E-state index contributed by atoms with van der Waals surface area (Å²) >= 11 is 0. The van der Waals surface area contributed by atoms with Crippen LogP contribution in [-0.2, 0) is 5.41 Å². The molecule has 0 aliphatic heterocycles. The quantitative estimate of drug-likeness (QED) is 0.185. The standard InChI is InChI=1S/C45H30N2/c1-45(2)37-19-11-10-18-35(37)40-34-17-9-8-16-33(34)39-31-23-21-30(26-29(31)20-24-36(39)41(40)45)43-42(28-13-4-3-5-14-28)46-38-25-22-27-12-6-7-15-32(27)44(38)47-43/h3-26H,1-2H3. The largest absolute Gasteiger partial charge is 0.244 e. The van der Waals surface area contributed by atoms with Gasteiger partial charge in [-0.2, -0.15) is 0 Å².